The van der Waals surface area contributed by atoms with Crippen molar-refractivity contribution < 1.29 is 4.79 Å². The molecule has 0 amide bonds. The Labute approximate surface area is 82.2 Å². The van der Waals surface area contributed by atoms with E-state index >= 15 is 0 Å². The van der Waals surface area contributed by atoms with E-state index in [1.165, 1.54) is 25.7 Å². The standard InChI is InChI=1S/C12H22O/c1-4-6-7-8-10-12(9-5-2)11(3)13/h5,12H,2,4,6-10H2,1,3H3. The van der Waals surface area contributed by atoms with Crippen LogP contribution in [0.5, 0.6) is 0 Å². The molecule has 0 bridgehead atoms. The minimum absolute atomic E-state index is 0.231. The first-order valence-electron chi connectivity index (χ1n) is 5.33. The molecule has 0 aliphatic rings. The van der Waals surface area contributed by atoms with E-state index in [0.29, 0.717) is 5.78 Å². The van der Waals surface area contributed by atoms with Gasteiger partial charge in [-0.05, 0) is 19.8 Å². The van der Waals surface area contributed by atoms with Gasteiger partial charge in [-0.25, -0.2) is 0 Å². The van der Waals surface area contributed by atoms with Crippen LogP contribution in [-0.2, 0) is 4.79 Å². The molecule has 0 aliphatic heterocycles. The van der Waals surface area contributed by atoms with Crippen LogP contribution in [0.4, 0.5) is 0 Å². The average molecular weight is 182 g/mol. The Bertz CT molecular complexity index is 149. The summed E-state index contributed by atoms with van der Waals surface area (Å²) >= 11 is 0. The van der Waals surface area contributed by atoms with Gasteiger partial charge in [0.25, 0.3) is 0 Å². The van der Waals surface area contributed by atoms with Crippen LogP contribution in [0.15, 0.2) is 12.7 Å². The van der Waals surface area contributed by atoms with Gasteiger partial charge >= 0.3 is 0 Å². The van der Waals surface area contributed by atoms with Crippen molar-refractivity contribution in [3.63, 3.8) is 0 Å². The van der Waals surface area contributed by atoms with E-state index in [2.05, 4.69) is 13.5 Å². The van der Waals surface area contributed by atoms with Gasteiger partial charge in [-0.1, -0.05) is 38.7 Å². The van der Waals surface area contributed by atoms with Gasteiger partial charge < -0.3 is 0 Å². The van der Waals surface area contributed by atoms with Crippen molar-refractivity contribution in [1.29, 1.82) is 0 Å². The summed E-state index contributed by atoms with van der Waals surface area (Å²) in [6.07, 6.45) is 8.74. The van der Waals surface area contributed by atoms with E-state index in [4.69, 9.17) is 0 Å². The fourth-order valence-corrected chi connectivity index (χ4v) is 1.51. The number of carbonyl (C=O) groups is 1. The summed E-state index contributed by atoms with van der Waals surface area (Å²) in [4.78, 5) is 11.1. The molecular weight excluding hydrogens is 160 g/mol. The molecule has 0 N–H and O–H groups in total. The number of allylic oxidation sites excluding steroid dienone is 1. The van der Waals surface area contributed by atoms with Gasteiger partial charge in [-0.2, -0.15) is 0 Å². The number of hydrogen-bond donors (Lipinski definition) is 0. The first-order valence-corrected chi connectivity index (χ1v) is 5.33. The molecule has 0 aromatic carbocycles. The highest BCUT2D eigenvalue weighted by Crippen LogP contribution is 2.15. The molecule has 0 radical (unpaired) electrons. The second-order valence-electron chi connectivity index (χ2n) is 3.68. The van der Waals surface area contributed by atoms with E-state index < -0.39 is 0 Å². The van der Waals surface area contributed by atoms with Crippen LogP contribution >= 0.6 is 0 Å². The third-order valence-corrected chi connectivity index (χ3v) is 2.43. The Morgan fingerprint density at radius 1 is 1.38 bits per heavy atom. The van der Waals surface area contributed by atoms with Crippen LogP contribution in [-0.4, -0.2) is 5.78 Å². The molecule has 13 heavy (non-hydrogen) atoms. The normalized spacial score (nSPS) is 12.5. The zero-order valence-corrected chi connectivity index (χ0v) is 9.01. The van der Waals surface area contributed by atoms with Crippen molar-refractivity contribution in [3.05, 3.63) is 12.7 Å². The fraction of sp³-hybridized carbons (Fsp3) is 0.750. The highest BCUT2D eigenvalue weighted by molar-refractivity contribution is 5.78. The number of Topliss-reactive ketones (excluding diaryl/α,β-unsaturated/α-hetero) is 1. The molecule has 0 rings (SSSR count). The third kappa shape index (κ3) is 6.56. The van der Waals surface area contributed by atoms with Crippen LogP contribution in [0, 0.1) is 5.92 Å². The van der Waals surface area contributed by atoms with Crippen molar-refractivity contribution in [2.75, 3.05) is 0 Å². The smallest absolute Gasteiger partial charge is 0.133 e. The molecule has 0 aromatic rings. The summed E-state index contributed by atoms with van der Waals surface area (Å²) in [6.45, 7) is 7.56. The number of ketones is 1. The molecule has 1 nitrogen and oxygen atoms in total. The molecule has 1 heteroatoms. The van der Waals surface area contributed by atoms with Crippen molar-refractivity contribution in [3.8, 4) is 0 Å². The molecule has 76 valence electrons. The molecule has 0 fully saturated rings. The summed E-state index contributed by atoms with van der Waals surface area (Å²) in [5.74, 6) is 0.547. The lowest BCUT2D eigenvalue weighted by atomic mass is 9.94. The number of hydrogen-bond acceptors (Lipinski definition) is 1. The lowest BCUT2D eigenvalue weighted by Gasteiger charge is -2.10. The molecule has 0 aromatic heterocycles. The minimum Gasteiger partial charge on any atom is -0.300 e. The fourth-order valence-electron chi connectivity index (χ4n) is 1.51. The van der Waals surface area contributed by atoms with Crippen molar-refractivity contribution in [2.45, 2.75) is 52.4 Å². The zero-order chi connectivity index (χ0) is 10.1. The number of rotatable bonds is 8. The Balaban J connectivity index is 3.56. The first-order chi connectivity index (χ1) is 6.22. The highest BCUT2D eigenvalue weighted by Gasteiger charge is 2.10. The minimum atomic E-state index is 0.231. The monoisotopic (exact) mass is 182 g/mol. The third-order valence-electron chi connectivity index (χ3n) is 2.43. The predicted octanol–water partition coefficient (Wildman–Crippen LogP) is 3.74. The molecule has 0 saturated heterocycles. The zero-order valence-electron chi connectivity index (χ0n) is 9.01. The molecule has 0 aliphatic carbocycles. The topological polar surface area (TPSA) is 17.1 Å². The predicted molar refractivity (Wildman–Crippen MR) is 57.7 cm³/mol. The Morgan fingerprint density at radius 2 is 2.08 bits per heavy atom. The Kier molecular flexibility index (Phi) is 7.66. The second-order valence-corrected chi connectivity index (χ2v) is 3.68. The molecule has 0 spiro atoms. The first kappa shape index (κ1) is 12.4. The van der Waals surface area contributed by atoms with Crippen molar-refractivity contribution in [2.24, 2.45) is 5.92 Å². The van der Waals surface area contributed by atoms with E-state index in [9.17, 15) is 4.79 Å². The van der Waals surface area contributed by atoms with Crippen LogP contribution in [0.25, 0.3) is 0 Å². The van der Waals surface area contributed by atoms with Gasteiger partial charge in [0, 0.05) is 5.92 Å². The molecule has 0 saturated carbocycles. The molecule has 0 heterocycles. The van der Waals surface area contributed by atoms with Gasteiger partial charge in [-0.3, -0.25) is 4.79 Å². The van der Waals surface area contributed by atoms with Crippen LogP contribution in [0.1, 0.15) is 52.4 Å². The highest BCUT2D eigenvalue weighted by atomic mass is 16.1. The quantitative estimate of drug-likeness (QED) is 0.413. The van der Waals surface area contributed by atoms with Crippen molar-refractivity contribution >= 4 is 5.78 Å². The molecule has 1 atom stereocenters. The lowest BCUT2D eigenvalue weighted by Crippen LogP contribution is -2.09. The summed E-state index contributed by atoms with van der Waals surface area (Å²) < 4.78 is 0. The second kappa shape index (κ2) is 8.03. The maximum absolute atomic E-state index is 11.1. The summed E-state index contributed by atoms with van der Waals surface area (Å²) in [5.41, 5.74) is 0. The van der Waals surface area contributed by atoms with E-state index in [1.54, 1.807) is 6.92 Å². The SMILES string of the molecule is C=CCC(CCCCCC)C(C)=O. The Morgan fingerprint density at radius 3 is 2.54 bits per heavy atom. The summed E-state index contributed by atoms with van der Waals surface area (Å²) in [5, 5.41) is 0. The molecule has 1 unspecified atom stereocenters. The van der Waals surface area contributed by atoms with Crippen molar-refractivity contribution in [1.82, 2.24) is 0 Å². The summed E-state index contributed by atoms with van der Waals surface area (Å²) in [7, 11) is 0. The van der Waals surface area contributed by atoms with Crippen LogP contribution < -0.4 is 0 Å². The number of unbranched alkanes of at least 4 members (excludes halogenated alkanes) is 3. The maximum Gasteiger partial charge on any atom is 0.133 e. The van der Waals surface area contributed by atoms with Gasteiger partial charge in [0.1, 0.15) is 5.78 Å². The molecular formula is C12H22O. The average Bonchev–Trinajstić information content (AvgIpc) is 2.10. The maximum atomic E-state index is 11.1. The van der Waals surface area contributed by atoms with Gasteiger partial charge in [0.2, 0.25) is 0 Å². The van der Waals surface area contributed by atoms with E-state index in [-0.39, 0.29) is 5.92 Å². The van der Waals surface area contributed by atoms with E-state index in [1.807, 2.05) is 6.08 Å². The van der Waals surface area contributed by atoms with Crippen LogP contribution in [0.3, 0.4) is 0 Å². The Hall–Kier alpha value is -0.590. The van der Waals surface area contributed by atoms with Gasteiger partial charge in [0.05, 0.1) is 0 Å². The van der Waals surface area contributed by atoms with E-state index in [0.717, 1.165) is 12.8 Å². The lowest BCUT2D eigenvalue weighted by molar-refractivity contribution is -0.120. The largest absolute Gasteiger partial charge is 0.300 e. The van der Waals surface area contributed by atoms with Gasteiger partial charge in [-0.15, -0.1) is 6.58 Å². The summed E-state index contributed by atoms with van der Waals surface area (Å²) in [6, 6.07) is 0. The van der Waals surface area contributed by atoms with Crippen LogP contribution in [0.2, 0.25) is 0 Å². The number of carbonyl (C=O) groups excluding carboxylic acids is 1. The van der Waals surface area contributed by atoms with Gasteiger partial charge in [0.15, 0.2) is 0 Å².